The van der Waals surface area contributed by atoms with E-state index in [0.29, 0.717) is 12.6 Å². The van der Waals surface area contributed by atoms with E-state index in [-0.39, 0.29) is 5.91 Å². The summed E-state index contributed by atoms with van der Waals surface area (Å²) in [6.45, 7) is 5.72. The van der Waals surface area contributed by atoms with E-state index in [1.807, 2.05) is 14.1 Å². The number of rotatable bonds is 5. The van der Waals surface area contributed by atoms with E-state index >= 15 is 0 Å². The van der Waals surface area contributed by atoms with E-state index in [4.69, 9.17) is 0 Å². The van der Waals surface area contributed by atoms with Crippen LogP contribution in [0.1, 0.15) is 19.8 Å². The molecule has 0 saturated carbocycles. The van der Waals surface area contributed by atoms with Crippen LogP contribution in [0.5, 0.6) is 0 Å². The summed E-state index contributed by atoms with van der Waals surface area (Å²) < 4.78 is 0. The lowest BCUT2D eigenvalue weighted by Gasteiger charge is -2.24. The third-order valence-corrected chi connectivity index (χ3v) is 2.95. The normalized spacial score (nSPS) is 20.9. The van der Waals surface area contributed by atoms with Gasteiger partial charge >= 0.3 is 0 Å². The molecule has 0 spiro atoms. The van der Waals surface area contributed by atoms with Crippen molar-refractivity contribution in [2.24, 2.45) is 0 Å². The second-order valence-electron chi connectivity index (χ2n) is 4.41. The van der Waals surface area contributed by atoms with Crippen LogP contribution in [0.4, 0.5) is 0 Å². The second-order valence-corrected chi connectivity index (χ2v) is 4.41. The molecule has 1 saturated heterocycles. The van der Waals surface area contributed by atoms with Crippen molar-refractivity contribution in [3.63, 3.8) is 0 Å². The molecule has 1 atom stereocenters. The van der Waals surface area contributed by atoms with Crippen LogP contribution in [-0.2, 0) is 4.79 Å². The maximum Gasteiger partial charge on any atom is 0.236 e. The van der Waals surface area contributed by atoms with Crippen LogP contribution < -0.4 is 5.32 Å². The Morgan fingerprint density at radius 2 is 2.20 bits per heavy atom. The SMILES string of the molecule is CCN(CC(=O)N(C)C)CC1CCCN1. The fourth-order valence-corrected chi connectivity index (χ4v) is 1.86. The number of likely N-dealkylation sites (N-methyl/N-ethyl adjacent to an activating group) is 2. The number of nitrogens with zero attached hydrogens (tertiary/aromatic N) is 2. The number of hydrogen-bond acceptors (Lipinski definition) is 3. The van der Waals surface area contributed by atoms with Crippen molar-refractivity contribution in [1.29, 1.82) is 0 Å². The molecular formula is C11H23N3O. The molecule has 15 heavy (non-hydrogen) atoms. The summed E-state index contributed by atoms with van der Waals surface area (Å²) in [4.78, 5) is 15.4. The van der Waals surface area contributed by atoms with Gasteiger partial charge in [-0.15, -0.1) is 0 Å². The first-order chi connectivity index (χ1) is 7.13. The Kier molecular flexibility index (Phi) is 5.05. The summed E-state index contributed by atoms with van der Waals surface area (Å²) >= 11 is 0. The van der Waals surface area contributed by atoms with E-state index in [0.717, 1.165) is 19.6 Å². The summed E-state index contributed by atoms with van der Waals surface area (Å²) in [7, 11) is 3.62. The molecule has 0 radical (unpaired) electrons. The lowest BCUT2D eigenvalue weighted by molar-refractivity contribution is -0.129. The zero-order valence-electron chi connectivity index (χ0n) is 10.1. The zero-order chi connectivity index (χ0) is 11.3. The predicted molar refractivity (Wildman–Crippen MR) is 61.8 cm³/mol. The smallest absolute Gasteiger partial charge is 0.236 e. The molecule has 1 unspecified atom stereocenters. The average molecular weight is 213 g/mol. The number of carbonyl (C=O) groups is 1. The minimum absolute atomic E-state index is 0.190. The lowest BCUT2D eigenvalue weighted by atomic mass is 10.2. The predicted octanol–water partition coefficient (Wildman–Crippen LogP) is 0.149. The van der Waals surface area contributed by atoms with Gasteiger partial charge in [-0.2, -0.15) is 0 Å². The van der Waals surface area contributed by atoms with Crippen molar-refractivity contribution in [3.05, 3.63) is 0 Å². The third kappa shape index (κ3) is 4.18. The zero-order valence-corrected chi connectivity index (χ0v) is 10.1. The molecule has 1 aliphatic rings. The molecule has 1 fully saturated rings. The standard InChI is InChI=1S/C11H23N3O/c1-4-14(9-11(15)13(2)3)8-10-6-5-7-12-10/h10,12H,4-9H2,1-3H3. The Morgan fingerprint density at radius 3 is 2.67 bits per heavy atom. The molecule has 0 aliphatic carbocycles. The van der Waals surface area contributed by atoms with Gasteiger partial charge in [-0.05, 0) is 25.9 Å². The molecule has 1 aliphatic heterocycles. The molecular weight excluding hydrogens is 190 g/mol. The molecule has 1 heterocycles. The number of carbonyl (C=O) groups excluding carboxylic acids is 1. The Labute approximate surface area is 92.6 Å². The molecule has 0 aromatic carbocycles. The summed E-state index contributed by atoms with van der Waals surface area (Å²) in [5, 5.41) is 3.46. The molecule has 1 N–H and O–H groups in total. The molecule has 0 bridgehead atoms. The maximum atomic E-state index is 11.5. The quantitative estimate of drug-likeness (QED) is 0.706. The Bertz CT molecular complexity index is 200. The van der Waals surface area contributed by atoms with Crippen LogP contribution in [-0.4, -0.2) is 62.0 Å². The van der Waals surface area contributed by atoms with Crippen molar-refractivity contribution < 1.29 is 4.79 Å². The molecule has 88 valence electrons. The van der Waals surface area contributed by atoms with Crippen molar-refractivity contribution >= 4 is 5.91 Å². The van der Waals surface area contributed by atoms with E-state index in [9.17, 15) is 4.79 Å². The van der Waals surface area contributed by atoms with Gasteiger partial charge in [-0.3, -0.25) is 9.69 Å². The summed E-state index contributed by atoms with van der Waals surface area (Å²) in [6, 6.07) is 0.583. The lowest BCUT2D eigenvalue weighted by Crippen LogP contribution is -2.42. The summed E-state index contributed by atoms with van der Waals surface area (Å²) in [6.07, 6.45) is 2.51. The number of hydrogen-bond donors (Lipinski definition) is 1. The maximum absolute atomic E-state index is 11.5. The highest BCUT2D eigenvalue weighted by Crippen LogP contribution is 2.06. The van der Waals surface area contributed by atoms with Gasteiger partial charge in [-0.1, -0.05) is 6.92 Å². The van der Waals surface area contributed by atoms with Gasteiger partial charge in [0.05, 0.1) is 6.54 Å². The van der Waals surface area contributed by atoms with Crippen LogP contribution in [0, 0.1) is 0 Å². The first kappa shape index (κ1) is 12.5. The molecule has 4 nitrogen and oxygen atoms in total. The first-order valence-corrected chi connectivity index (χ1v) is 5.79. The molecule has 0 aromatic rings. The minimum Gasteiger partial charge on any atom is -0.348 e. The van der Waals surface area contributed by atoms with E-state index < -0.39 is 0 Å². The summed E-state index contributed by atoms with van der Waals surface area (Å²) in [5.41, 5.74) is 0. The van der Waals surface area contributed by atoms with Gasteiger partial charge in [0, 0.05) is 26.7 Å². The van der Waals surface area contributed by atoms with Crippen LogP contribution in [0.2, 0.25) is 0 Å². The van der Waals surface area contributed by atoms with E-state index in [1.165, 1.54) is 12.8 Å². The molecule has 1 amide bonds. The highest BCUT2D eigenvalue weighted by atomic mass is 16.2. The Hall–Kier alpha value is -0.610. The van der Waals surface area contributed by atoms with Crippen LogP contribution in [0.25, 0.3) is 0 Å². The minimum atomic E-state index is 0.190. The van der Waals surface area contributed by atoms with Crippen molar-refractivity contribution in [1.82, 2.24) is 15.1 Å². The van der Waals surface area contributed by atoms with Gasteiger partial charge < -0.3 is 10.2 Å². The largest absolute Gasteiger partial charge is 0.348 e. The van der Waals surface area contributed by atoms with Crippen molar-refractivity contribution in [2.75, 3.05) is 40.3 Å². The molecule has 0 aromatic heterocycles. The molecule has 4 heteroatoms. The van der Waals surface area contributed by atoms with Crippen molar-refractivity contribution in [3.8, 4) is 0 Å². The summed E-state index contributed by atoms with van der Waals surface area (Å²) in [5.74, 6) is 0.190. The Morgan fingerprint density at radius 1 is 1.47 bits per heavy atom. The fourth-order valence-electron chi connectivity index (χ4n) is 1.86. The average Bonchev–Trinajstić information content (AvgIpc) is 2.69. The first-order valence-electron chi connectivity index (χ1n) is 5.79. The Balaban J connectivity index is 2.31. The molecule has 1 rings (SSSR count). The van der Waals surface area contributed by atoms with Crippen LogP contribution >= 0.6 is 0 Å². The fraction of sp³-hybridized carbons (Fsp3) is 0.909. The van der Waals surface area contributed by atoms with Gasteiger partial charge in [-0.25, -0.2) is 0 Å². The second kappa shape index (κ2) is 6.08. The van der Waals surface area contributed by atoms with Crippen molar-refractivity contribution in [2.45, 2.75) is 25.8 Å². The van der Waals surface area contributed by atoms with Gasteiger partial charge in [0.2, 0.25) is 5.91 Å². The van der Waals surface area contributed by atoms with Crippen LogP contribution in [0.15, 0.2) is 0 Å². The van der Waals surface area contributed by atoms with Crippen LogP contribution in [0.3, 0.4) is 0 Å². The third-order valence-electron chi connectivity index (χ3n) is 2.95. The number of amides is 1. The monoisotopic (exact) mass is 213 g/mol. The highest BCUT2D eigenvalue weighted by molar-refractivity contribution is 5.77. The van der Waals surface area contributed by atoms with E-state index in [1.54, 1.807) is 4.90 Å². The highest BCUT2D eigenvalue weighted by Gasteiger charge is 2.18. The topological polar surface area (TPSA) is 35.6 Å². The number of nitrogens with one attached hydrogen (secondary N) is 1. The van der Waals surface area contributed by atoms with E-state index in [2.05, 4.69) is 17.1 Å². The van der Waals surface area contributed by atoms with Gasteiger partial charge in [0.25, 0.3) is 0 Å². The van der Waals surface area contributed by atoms with Gasteiger partial charge in [0.1, 0.15) is 0 Å². The van der Waals surface area contributed by atoms with Gasteiger partial charge in [0.15, 0.2) is 0 Å².